The number of benzene rings is 3. The van der Waals surface area contributed by atoms with E-state index in [1.807, 2.05) is 91.5 Å². The lowest BCUT2D eigenvalue weighted by Gasteiger charge is -2.26. The summed E-state index contributed by atoms with van der Waals surface area (Å²) in [7, 11) is 0. The number of nitrogens with zero attached hydrogens (tertiary/aromatic N) is 5. The van der Waals surface area contributed by atoms with Crippen LogP contribution in [-0.2, 0) is 4.74 Å². The van der Waals surface area contributed by atoms with Gasteiger partial charge in [-0.2, -0.15) is 0 Å². The second-order valence-corrected chi connectivity index (χ2v) is 10.7. The molecule has 9 heteroatoms. The van der Waals surface area contributed by atoms with Crippen LogP contribution in [0.3, 0.4) is 0 Å². The van der Waals surface area contributed by atoms with Crippen LogP contribution in [-0.4, -0.2) is 61.2 Å². The lowest BCUT2D eigenvalue weighted by atomic mass is 9.99. The fourth-order valence-corrected chi connectivity index (χ4v) is 5.63. The molecule has 0 unspecified atom stereocenters. The number of pyridine rings is 1. The number of imidazole rings is 2. The summed E-state index contributed by atoms with van der Waals surface area (Å²) in [5.41, 5.74) is 8.39. The maximum Gasteiger partial charge on any atom is 0.337 e. The van der Waals surface area contributed by atoms with Gasteiger partial charge in [0.05, 0.1) is 30.1 Å². The highest BCUT2D eigenvalue weighted by Crippen LogP contribution is 2.33. The second kappa shape index (κ2) is 10.8. The van der Waals surface area contributed by atoms with E-state index in [0.717, 1.165) is 44.7 Å². The van der Waals surface area contributed by atoms with E-state index in [4.69, 9.17) is 9.72 Å². The minimum atomic E-state index is -0.136. The normalized spacial score (nSPS) is 13.5. The molecule has 214 valence electrons. The SMILES string of the molecule is Cc1ccc(-n2ccn(-c3cccc(-c4ccnc5nc(-c6ccc(C(=O)N7CCOCC7)cc6)[nH]c45)c3C)c2=O)cc1. The molecule has 3 aromatic carbocycles. The first-order chi connectivity index (χ1) is 21.0. The van der Waals surface area contributed by atoms with Crippen LogP contribution in [0, 0.1) is 13.8 Å². The van der Waals surface area contributed by atoms with Crippen molar-refractivity contribution in [1.82, 2.24) is 29.0 Å². The first kappa shape index (κ1) is 26.6. The van der Waals surface area contributed by atoms with Gasteiger partial charge in [0.25, 0.3) is 5.91 Å². The average molecular weight is 571 g/mol. The van der Waals surface area contributed by atoms with Crippen molar-refractivity contribution in [3.8, 4) is 33.9 Å². The van der Waals surface area contributed by atoms with Crippen LogP contribution in [0.5, 0.6) is 0 Å². The van der Waals surface area contributed by atoms with Gasteiger partial charge in [0.2, 0.25) is 0 Å². The van der Waals surface area contributed by atoms with Crippen LogP contribution in [0.1, 0.15) is 21.5 Å². The lowest BCUT2D eigenvalue weighted by molar-refractivity contribution is 0.0303. The van der Waals surface area contributed by atoms with Crippen LogP contribution in [0.4, 0.5) is 0 Å². The number of rotatable bonds is 5. The molecule has 0 aliphatic carbocycles. The number of aromatic amines is 1. The van der Waals surface area contributed by atoms with Gasteiger partial charge in [-0.3, -0.25) is 13.9 Å². The van der Waals surface area contributed by atoms with E-state index in [-0.39, 0.29) is 11.6 Å². The number of H-pyrrole nitrogens is 1. The molecule has 1 saturated heterocycles. The Morgan fingerprint density at radius 2 is 1.60 bits per heavy atom. The minimum absolute atomic E-state index is 0.00656. The molecule has 4 heterocycles. The lowest BCUT2D eigenvalue weighted by Crippen LogP contribution is -2.40. The summed E-state index contributed by atoms with van der Waals surface area (Å²) in [6.07, 6.45) is 5.35. The third-order valence-corrected chi connectivity index (χ3v) is 8.04. The van der Waals surface area contributed by atoms with Crippen molar-refractivity contribution in [3.05, 3.63) is 119 Å². The predicted octanol–water partition coefficient (Wildman–Crippen LogP) is 5.32. The van der Waals surface area contributed by atoms with Crippen molar-refractivity contribution in [2.75, 3.05) is 26.3 Å². The summed E-state index contributed by atoms with van der Waals surface area (Å²) in [5.74, 6) is 0.674. The van der Waals surface area contributed by atoms with E-state index in [9.17, 15) is 9.59 Å². The number of amides is 1. The molecule has 1 aliphatic rings. The quantitative estimate of drug-likeness (QED) is 0.303. The molecule has 1 aliphatic heterocycles. The maximum absolute atomic E-state index is 13.5. The third-order valence-electron chi connectivity index (χ3n) is 8.04. The van der Waals surface area contributed by atoms with Crippen LogP contribution in [0.25, 0.3) is 45.1 Å². The molecule has 43 heavy (non-hydrogen) atoms. The van der Waals surface area contributed by atoms with Gasteiger partial charge >= 0.3 is 5.69 Å². The van der Waals surface area contributed by atoms with E-state index in [1.54, 1.807) is 27.7 Å². The highest BCUT2D eigenvalue weighted by molar-refractivity contribution is 5.95. The highest BCUT2D eigenvalue weighted by Gasteiger charge is 2.20. The van der Waals surface area contributed by atoms with Crippen molar-refractivity contribution in [2.24, 2.45) is 0 Å². The van der Waals surface area contributed by atoms with Crippen LogP contribution >= 0.6 is 0 Å². The van der Waals surface area contributed by atoms with Gasteiger partial charge in [-0.15, -0.1) is 0 Å². The Balaban J connectivity index is 1.22. The number of fused-ring (bicyclic) bond motifs is 1. The second-order valence-electron chi connectivity index (χ2n) is 10.7. The molecule has 0 atom stereocenters. The molecule has 0 bridgehead atoms. The van der Waals surface area contributed by atoms with Crippen LogP contribution in [0.2, 0.25) is 0 Å². The van der Waals surface area contributed by atoms with E-state index < -0.39 is 0 Å². The van der Waals surface area contributed by atoms with Gasteiger partial charge in [0.15, 0.2) is 5.65 Å². The number of hydrogen-bond donors (Lipinski definition) is 1. The molecule has 1 N–H and O–H groups in total. The van der Waals surface area contributed by atoms with Gasteiger partial charge < -0.3 is 14.6 Å². The van der Waals surface area contributed by atoms with E-state index in [2.05, 4.69) is 9.97 Å². The van der Waals surface area contributed by atoms with Crippen molar-refractivity contribution < 1.29 is 9.53 Å². The number of nitrogens with one attached hydrogen (secondary N) is 1. The topological polar surface area (TPSA) is 98.0 Å². The minimum Gasteiger partial charge on any atom is -0.378 e. The third kappa shape index (κ3) is 4.83. The van der Waals surface area contributed by atoms with Gasteiger partial charge in [0.1, 0.15) is 5.82 Å². The first-order valence-electron chi connectivity index (χ1n) is 14.3. The summed E-state index contributed by atoms with van der Waals surface area (Å²) in [6.45, 7) is 6.39. The molecular formula is C34H30N6O3. The first-order valence-corrected chi connectivity index (χ1v) is 14.3. The zero-order valence-electron chi connectivity index (χ0n) is 23.9. The Kier molecular flexibility index (Phi) is 6.71. The molecular weight excluding hydrogens is 540 g/mol. The van der Waals surface area contributed by atoms with Crippen molar-refractivity contribution in [2.45, 2.75) is 13.8 Å². The fraction of sp³-hybridized carbons (Fsp3) is 0.176. The molecule has 1 fully saturated rings. The Bertz CT molecular complexity index is 2010. The molecule has 6 aromatic rings. The average Bonchev–Trinajstić information content (AvgIpc) is 3.66. The zero-order valence-corrected chi connectivity index (χ0v) is 23.9. The number of hydrogen-bond acceptors (Lipinski definition) is 5. The number of aromatic nitrogens is 5. The largest absolute Gasteiger partial charge is 0.378 e. The number of aryl methyl sites for hydroxylation is 1. The summed E-state index contributed by atoms with van der Waals surface area (Å²) in [5, 5.41) is 0. The smallest absolute Gasteiger partial charge is 0.337 e. The zero-order chi connectivity index (χ0) is 29.5. The van der Waals surface area contributed by atoms with Gasteiger partial charge in [-0.25, -0.2) is 14.8 Å². The number of carbonyl (C=O) groups is 1. The van der Waals surface area contributed by atoms with E-state index in [1.165, 1.54) is 0 Å². The molecule has 7 rings (SSSR count). The molecule has 9 nitrogen and oxygen atoms in total. The maximum atomic E-state index is 13.5. The highest BCUT2D eigenvalue weighted by atomic mass is 16.5. The summed E-state index contributed by atoms with van der Waals surface area (Å²) in [4.78, 5) is 40.9. The standard InChI is InChI=1S/C34H30N6O3/c1-22-6-12-26(13-7-22)39-16-17-40(34(39)42)29-5-3-4-27(23(29)2)28-14-15-35-32-30(28)36-31(37-32)24-8-10-25(11-9-24)33(41)38-18-20-43-21-19-38/h3-17H,18-21H2,1-2H3,(H,35,36,37). The monoisotopic (exact) mass is 570 g/mol. The fourth-order valence-electron chi connectivity index (χ4n) is 5.63. The van der Waals surface area contributed by atoms with Gasteiger partial charge in [-0.1, -0.05) is 42.0 Å². The Morgan fingerprint density at radius 3 is 2.37 bits per heavy atom. The number of carbonyl (C=O) groups excluding carboxylic acids is 1. The number of ether oxygens (including phenoxy) is 1. The van der Waals surface area contributed by atoms with Crippen LogP contribution < -0.4 is 5.69 Å². The molecule has 3 aromatic heterocycles. The number of morpholine rings is 1. The van der Waals surface area contributed by atoms with Crippen molar-refractivity contribution >= 4 is 17.1 Å². The summed E-state index contributed by atoms with van der Waals surface area (Å²) < 4.78 is 8.69. The van der Waals surface area contributed by atoms with Gasteiger partial charge in [0, 0.05) is 48.4 Å². The Morgan fingerprint density at radius 1 is 0.860 bits per heavy atom. The van der Waals surface area contributed by atoms with Crippen molar-refractivity contribution in [1.29, 1.82) is 0 Å². The van der Waals surface area contributed by atoms with Gasteiger partial charge in [-0.05, 0) is 61.4 Å². The molecule has 0 saturated carbocycles. The summed E-state index contributed by atoms with van der Waals surface area (Å²) in [6, 6.07) is 23.3. The van der Waals surface area contributed by atoms with Crippen LogP contribution in [0.15, 0.2) is 96.2 Å². The molecule has 1 amide bonds. The van der Waals surface area contributed by atoms with E-state index in [0.29, 0.717) is 43.3 Å². The Hall–Kier alpha value is -5.28. The molecule has 0 spiro atoms. The summed E-state index contributed by atoms with van der Waals surface area (Å²) >= 11 is 0. The van der Waals surface area contributed by atoms with E-state index >= 15 is 0 Å². The van der Waals surface area contributed by atoms with Crippen molar-refractivity contribution in [3.63, 3.8) is 0 Å². The molecule has 0 radical (unpaired) electrons. The predicted molar refractivity (Wildman–Crippen MR) is 166 cm³/mol. The Labute approximate surface area is 248 Å².